The Labute approximate surface area is 155 Å². The zero-order valence-electron chi connectivity index (χ0n) is 15.6. The maximum absolute atomic E-state index is 5.81. The van der Waals surface area contributed by atoms with Crippen LogP contribution in [0, 0.1) is 6.92 Å². The first-order chi connectivity index (χ1) is 12.2. The Kier molecular flexibility index (Phi) is 7.10. The van der Waals surface area contributed by atoms with Gasteiger partial charge in [0.1, 0.15) is 0 Å². The van der Waals surface area contributed by atoms with Crippen LogP contribution in [0.4, 0.5) is 0 Å². The normalized spacial score (nSPS) is 20.4. The van der Waals surface area contributed by atoms with Gasteiger partial charge in [0.2, 0.25) is 0 Å². The van der Waals surface area contributed by atoms with E-state index in [9.17, 15) is 0 Å². The van der Waals surface area contributed by atoms with Gasteiger partial charge in [0.25, 0.3) is 0 Å². The fourth-order valence-corrected chi connectivity index (χ4v) is 4.43. The quantitative estimate of drug-likeness (QED) is 0.397. The highest BCUT2D eigenvalue weighted by Gasteiger charge is 2.39. The Bertz CT molecular complexity index is 539. The third-order valence-corrected chi connectivity index (χ3v) is 5.87. The first-order valence-corrected chi connectivity index (χ1v) is 10.7. The number of aromatic nitrogens is 2. The predicted octanol–water partition coefficient (Wildman–Crippen LogP) is 3.80. The highest BCUT2D eigenvalue weighted by Crippen LogP contribution is 2.31. The summed E-state index contributed by atoms with van der Waals surface area (Å²) in [5.74, 6) is 0.821. The molecule has 2 fully saturated rings. The van der Waals surface area contributed by atoms with Gasteiger partial charge in [-0.2, -0.15) is 0 Å². The van der Waals surface area contributed by atoms with Gasteiger partial charge in [0, 0.05) is 43.9 Å². The summed E-state index contributed by atoms with van der Waals surface area (Å²) in [7, 11) is 0. The molecule has 0 aliphatic carbocycles. The van der Waals surface area contributed by atoms with Crippen molar-refractivity contribution < 1.29 is 9.47 Å². The second-order valence-electron chi connectivity index (χ2n) is 7.08. The van der Waals surface area contributed by atoms with Crippen LogP contribution in [-0.2, 0) is 16.0 Å². The molecule has 3 rings (SSSR count). The van der Waals surface area contributed by atoms with Crippen molar-refractivity contribution in [3.8, 4) is 0 Å². The molecule has 1 aromatic rings. The maximum atomic E-state index is 5.81. The van der Waals surface area contributed by atoms with E-state index in [-0.39, 0.29) is 5.79 Å². The molecule has 5 nitrogen and oxygen atoms in total. The van der Waals surface area contributed by atoms with Gasteiger partial charge < -0.3 is 9.47 Å². The van der Waals surface area contributed by atoms with Crippen LogP contribution >= 0.6 is 11.8 Å². The molecule has 2 aliphatic rings. The molecule has 1 spiro atoms. The van der Waals surface area contributed by atoms with Crippen molar-refractivity contribution in [2.24, 2.45) is 0 Å². The van der Waals surface area contributed by atoms with Gasteiger partial charge in [-0.05, 0) is 19.4 Å². The van der Waals surface area contributed by atoms with E-state index in [1.807, 2.05) is 0 Å². The third-order valence-electron chi connectivity index (χ3n) is 4.93. The Morgan fingerprint density at radius 1 is 1.12 bits per heavy atom. The number of nitrogens with zero attached hydrogens (tertiary/aromatic N) is 3. The molecule has 140 valence electrons. The predicted molar refractivity (Wildman–Crippen MR) is 101 cm³/mol. The summed E-state index contributed by atoms with van der Waals surface area (Å²) in [6.45, 7) is 8.69. The summed E-state index contributed by atoms with van der Waals surface area (Å²) in [4.78, 5) is 11.8. The minimum absolute atomic E-state index is 0.294. The first-order valence-electron chi connectivity index (χ1n) is 9.67. The zero-order valence-corrected chi connectivity index (χ0v) is 16.4. The summed E-state index contributed by atoms with van der Waals surface area (Å²) >= 11 is 1.80. The molecule has 0 saturated carbocycles. The van der Waals surface area contributed by atoms with Crippen LogP contribution in [0.5, 0.6) is 0 Å². The van der Waals surface area contributed by atoms with E-state index in [1.165, 1.54) is 25.7 Å². The van der Waals surface area contributed by atoms with Crippen LogP contribution in [0.25, 0.3) is 0 Å². The van der Waals surface area contributed by atoms with E-state index in [0.29, 0.717) is 0 Å². The lowest BCUT2D eigenvalue weighted by Crippen LogP contribution is -2.44. The highest BCUT2D eigenvalue weighted by atomic mass is 32.2. The van der Waals surface area contributed by atoms with E-state index >= 15 is 0 Å². The molecule has 2 aliphatic heterocycles. The van der Waals surface area contributed by atoms with E-state index in [1.54, 1.807) is 11.8 Å². The Morgan fingerprint density at radius 2 is 1.88 bits per heavy atom. The Balaban J connectivity index is 1.49. The topological polar surface area (TPSA) is 47.5 Å². The molecule has 3 heterocycles. The summed E-state index contributed by atoms with van der Waals surface area (Å²) in [6.07, 6.45) is 7.07. The average Bonchev–Trinajstić information content (AvgIpc) is 3.05. The number of hydrogen-bond donors (Lipinski definition) is 0. The van der Waals surface area contributed by atoms with Gasteiger partial charge >= 0.3 is 0 Å². The van der Waals surface area contributed by atoms with Gasteiger partial charge in [-0.15, -0.1) is 0 Å². The number of thioether (sulfide) groups is 1. The molecule has 0 amide bonds. The number of hydrogen-bond acceptors (Lipinski definition) is 6. The van der Waals surface area contributed by atoms with E-state index in [0.717, 1.165) is 68.0 Å². The number of unbranched alkanes of at least 4 members (excludes halogenated alkanes) is 3. The van der Waals surface area contributed by atoms with Gasteiger partial charge in [-0.3, -0.25) is 4.90 Å². The van der Waals surface area contributed by atoms with Crippen molar-refractivity contribution in [3.05, 3.63) is 17.5 Å². The van der Waals surface area contributed by atoms with Crippen LogP contribution in [0.3, 0.4) is 0 Å². The Hall–Kier alpha value is -0.690. The van der Waals surface area contributed by atoms with Crippen LogP contribution in [0.1, 0.15) is 56.8 Å². The summed E-state index contributed by atoms with van der Waals surface area (Å²) in [5.41, 5.74) is 2.20. The number of likely N-dealkylation sites (tertiary alicyclic amines) is 1. The van der Waals surface area contributed by atoms with Crippen molar-refractivity contribution in [3.63, 3.8) is 0 Å². The van der Waals surface area contributed by atoms with E-state index < -0.39 is 0 Å². The lowest BCUT2D eigenvalue weighted by Gasteiger charge is -2.37. The van der Waals surface area contributed by atoms with Crippen LogP contribution < -0.4 is 0 Å². The molecule has 0 aromatic carbocycles. The van der Waals surface area contributed by atoms with E-state index in [4.69, 9.17) is 14.5 Å². The highest BCUT2D eigenvalue weighted by molar-refractivity contribution is 7.99. The molecular formula is C19H31N3O2S. The number of rotatable bonds is 8. The number of aryl methyl sites for hydroxylation is 1. The molecule has 0 N–H and O–H groups in total. The van der Waals surface area contributed by atoms with Crippen LogP contribution in [0.15, 0.2) is 11.2 Å². The molecule has 0 bridgehead atoms. The van der Waals surface area contributed by atoms with Gasteiger partial charge in [0.05, 0.1) is 18.9 Å². The first kappa shape index (κ1) is 19.1. The molecule has 6 heteroatoms. The van der Waals surface area contributed by atoms with Crippen molar-refractivity contribution in [2.45, 2.75) is 69.9 Å². The molecular weight excluding hydrogens is 334 g/mol. The lowest BCUT2D eigenvalue weighted by atomic mass is 10.0. The van der Waals surface area contributed by atoms with Crippen molar-refractivity contribution in [1.29, 1.82) is 0 Å². The molecule has 25 heavy (non-hydrogen) atoms. The molecule has 2 saturated heterocycles. The molecule has 1 aromatic heterocycles. The second kappa shape index (κ2) is 9.31. The largest absolute Gasteiger partial charge is 0.347 e. The summed E-state index contributed by atoms with van der Waals surface area (Å²) in [6, 6.07) is 2.12. The third kappa shape index (κ3) is 5.64. The fraction of sp³-hybridized carbons (Fsp3) is 0.789. The average molecular weight is 366 g/mol. The van der Waals surface area contributed by atoms with Crippen molar-refractivity contribution >= 4 is 11.8 Å². The lowest BCUT2D eigenvalue weighted by molar-refractivity contribution is -0.185. The maximum Gasteiger partial charge on any atom is 0.188 e. The standard InChI is InChI=1S/C19H31N3O2S/c1-3-4-5-6-13-25-18-20-16(2)14-17(21-18)15-22-9-7-19(8-10-22)23-11-12-24-19/h14H,3-13,15H2,1-2H3. The minimum atomic E-state index is -0.294. The van der Waals surface area contributed by atoms with E-state index in [2.05, 4.69) is 29.8 Å². The SMILES string of the molecule is CCCCCCSc1nc(C)cc(CN2CCC3(CC2)OCCO3)n1. The van der Waals surface area contributed by atoms with Gasteiger partial charge in [0.15, 0.2) is 10.9 Å². The number of ether oxygens (including phenoxy) is 2. The van der Waals surface area contributed by atoms with Crippen LogP contribution in [0.2, 0.25) is 0 Å². The van der Waals surface area contributed by atoms with Crippen molar-refractivity contribution in [1.82, 2.24) is 14.9 Å². The molecule has 0 unspecified atom stereocenters. The second-order valence-corrected chi connectivity index (χ2v) is 8.14. The fourth-order valence-electron chi connectivity index (χ4n) is 3.51. The monoisotopic (exact) mass is 365 g/mol. The van der Waals surface area contributed by atoms with Gasteiger partial charge in [-0.25, -0.2) is 9.97 Å². The zero-order chi connectivity index (χ0) is 17.5. The van der Waals surface area contributed by atoms with Crippen LogP contribution in [-0.4, -0.2) is 52.7 Å². The Morgan fingerprint density at radius 3 is 2.60 bits per heavy atom. The molecule has 0 atom stereocenters. The van der Waals surface area contributed by atoms with Crippen molar-refractivity contribution in [2.75, 3.05) is 32.1 Å². The molecule has 0 radical (unpaired) electrons. The van der Waals surface area contributed by atoms with Gasteiger partial charge in [-0.1, -0.05) is 37.9 Å². The minimum Gasteiger partial charge on any atom is -0.347 e. The smallest absolute Gasteiger partial charge is 0.188 e. The summed E-state index contributed by atoms with van der Waals surface area (Å²) in [5, 5.41) is 0.933. The summed E-state index contributed by atoms with van der Waals surface area (Å²) < 4.78 is 11.6. The number of piperidine rings is 1.